The molecule has 12 nitrogen and oxygen atoms in total. The Morgan fingerprint density at radius 1 is 0.793 bits per heavy atom. The molecule has 0 aliphatic carbocycles. The van der Waals surface area contributed by atoms with Crippen molar-refractivity contribution in [3.63, 3.8) is 0 Å². The first-order valence-corrected chi connectivity index (χ1v) is 8.31. The first kappa shape index (κ1) is 19.4. The molecule has 0 spiro atoms. The minimum absolute atomic E-state index is 0.0571. The summed E-state index contributed by atoms with van der Waals surface area (Å²) in [5.41, 5.74) is 0.326. The zero-order chi connectivity index (χ0) is 21.0. The van der Waals surface area contributed by atoms with Crippen molar-refractivity contribution in [3.8, 4) is 0 Å². The molecule has 2 N–H and O–H groups in total. The van der Waals surface area contributed by atoms with E-state index in [1.54, 1.807) is 18.2 Å². The summed E-state index contributed by atoms with van der Waals surface area (Å²) in [4.78, 5) is 35.4. The molecule has 3 rings (SSSR count). The smallest absolute Gasteiger partial charge is 0.299 e. The van der Waals surface area contributed by atoms with Crippen LogP contribution in [-0.2, 0) is 0 Å². The third kappa shape index (κ3) is 4.16. The number of nitro benzene ring substituents is 3. The van der Waals surface area contributed by atoms with Crippen molar-refractivity contribution in [2.24, 2.45) is 0 Å². The average Bonchev–Trinajstić information content (AvgIpc) is 2.70. The zero-order valence-corrected chi connectivity index (χ0v) is 14.8. The highest BCUT2D eigenvalue weighted by molar-refractivity contribution is 5.96. The maximum atomic E-state index is 11.1. The number of rotatable bonds is 8. The molecule has 0 radical (unpaired) electrons. The van der Waals surface area contributed by atoms with Crippen molar-refractivity contribution in [1.29, 1.82) is 0 Å². The molecule has 0 saturated carbocycles. The normalized spacial score (nSPS) is 10.5. The molecule has 12 heteroatoms. The fourth-order valence-corrected chi connectivity index (χ4v) is 2.79. The van der Waals surface area contributed by atoms with Gasteiger partial charge in [-0.1, -0.05) is 0 Å². The fraction of sp³-hybridized carbons (Fsp3) is 0.118. The van der Waals surface area contributed by atoms with Crippen LogP contribution >= 0.6 is 0 Å². The summed E-state index contributed by atoms with van der Waals surface area (Å²) in [6.45, 7) is 0.571. The zero-order valence-electron chi connectivity index (χ0n) is 14.8. The van der Waals surface area contributed by atoms with Gasteiger partial charge in [0.2, 0.25) is 0 Å². The van der Waals surface area contributed by atoms with Crippen LogP contribution in [0.1, 0.15) is 0 Å². The van der Waals surface area contributed by atoms with E-state index in [1.165, 1.54) is 24.4 Å². The van der Waals surface area contributed by atoms with Crippen LogP contribution < -0.4 is 10.6 Å². The molecule has 0 aliphatic rings. The lowest BCUT2D eigenvalue weighted by molar-refractivity contribution is -0.393. The van der Waals surface area contributed by atoms with Gasteiger partial charge in [-0.3, -0.25) is 35.3 Å². The number of anilines is 2. The van der Waals surface area contributed by atoms with Crippen LogP contribution in [0.3, 0.4) is 0 Å². The van der Waals surface area contributed by atoms with Crippen LogP contribution in [0, 0.1) is 30.3 Å². The molecule has 0 amide bonds. The molecular weight excluding hydrogens is 384 g/mol. The van der Waals surface area contributed by atoms with Crippen molar-refractivity contribution in [2.45, 2.75) is 0 Å². The van der Waals surface area contributed by atoms with Crippen LogP contribution in [0.25, 0.3) is 10.9 Å². The quantitative estimate of drug-likeness (QED) is 0.328. The first-order valence-electron chi connectivity index (χ1n) is 8.31. The number of hydrogen-bond acceptors (Lipinski definition) is 9. The minimum atomic E-state index is -0.703. The van der Waals surface area contributed by atoms with Crippen LogP contribution in [0.5, 0.6) is 0 Å². The van der Waals surface area contributed by atoms with E-state index in [0.717, 1.165) is 6.07 Å². The maximum absolute atomic E-state index is 11.1. The molecule has 0 atom stereocenters. The van der Waals surface area contributed by atoms with Gasteiger partial charge in [0.1, 0.15) is 11.2 Å². The second-order valence-electron chi connectivity index (χ2n) is 5.86. The van der Waals surface area contributed by atoms with Gasteiger partial charge in [-0.2, -0.15) is 0 Å². The number of non-ortho nitro benzene ring substituents is 2. The molecule has 1 heterocycles. The van der Waals surface area contributed by atoms with E-state index in [9.17, 15) is 30.3 Å². The van der Waals surface area contributed by atoms with E-state index < -0.39 is 20.5 Å². The van der Waals surface area contributed by atoms with E-state index >= 15 is 0 Å². The monoisotopic (exact) mass is 398 g/mol. The van der Waals surface area contributed by atoms with Gasteiger partial charge in [-0.05, 0) is 24.3 Å². The minimum Gasteiger partial charge on any atom is -0.382 e. The first-order chi connectivity index (χ1) is 13.9. The summed E-state index contributed by atoms with van der Waals surface area (Å²) >= 11 is 0. The highest BCUT2D eigenvalue weighted by Crippen LogP contribution is 2.30. The predicted molar refractivity (Wildman–Crippen MR) is 105 cm³/mol. The summed E-state index contributed by atoms with van der Waals surface area (Å²) < 4.78 is 0. The van der Waals surface area contributed by atoms with Crippen LogP contribution in [0.15, 0.2) is 48.7 Å². The van der Waals surface area contributed by atoms with E-state index in [1.807, 2.05) is 0 Å². The van der Waals surface area contributed by atoms with Crippen molar-refractivity contribution >= 4 is 39.3 Å². The molecule has 0 bridgehead atoms. The standard InChI is InChI=1S/C17H14N6O6/c24-21(25)11-3-4-13(16(10-11)23(28)29)18-8-9-19-14-5-6-15(22(26)27)12-2-1-7-20-17(12)14/h1-7,10,18-19H,8-9H2. The number of benzene rings is 2. The van der Waals surface area contributed by atoms with E-state index in [2.05, 4.69) is 15.6 Å². The largest absolute Gasteiger partial charge is 0.382 e. The number of fused-ring (bicyclic) bond motifs is 1. The summed E-state index contributed by atoms with van der Waals surface area (Å²) in [7, 11) is 0. The number of nitrogens with one attached hydrogen (secondary N) is 2. The molecular formula is C17H14N6O6. The molecule has 29 heavy (non-hydrogen) atoms. The molecule has 3 aromatic rings. The van der Waals surface area contributed by atoms with Crippen molar-refractivity contribution in [3.05, 3.63) is 79.0 Å². The van der Waals surface area contributed by atoms with Gasteiger partial charge in [0.05, 0.1) is 31.9 Å². The van der Waals surface area contributed by atoms with Gasteiger partial charge in [0.15, 0.2) is 0 Å². The molecule has 0 unspecified atom stereocenters. The second kappa shape index (κ2) is 8.12. The topological polar surface area (TPSA) is 166 Å². The highest BCUT2D eigenvalue weighted by Gasteiger charge is 2.19. The van der Waals surface area contributed by atoms with Gasteiger partial charge in [0, 0.05) is 31.4 Å². The maximum Gasteiger partial charge on any atom is 0.299 e. The van der Waals surface area contributed by atoms with Gasteiger partial charge in [-0.15, -0.1) is 0 Å². The molecule has 148 valence electrons. The lowest BCUT2D eigenvalue weighted by Gasteiger charge is -2.11. The second-order valence-corrected chi connectivity index (χ2v) is 5.86. The number of aromatic nitrogens is 1. The highest BCUT2D eigenvalue weighted by atomic mass is 16.6. The fourth-order valence-electron chi connectivity index (χ4n) is 2.79. The van der Waals surface area contributed by atoms with Gasteiger partial charge in [0.25, 0.3) is 17.1 Å². The van der Waals surface area contributed by atoms with Crippen LogP contribution in [0.2, 0.25) is 0 Å². The Kier molecular flexibility index (Phi) is 5.44. The number of nitro groups is 3. The summed E-state index contributed by atoms with van der Waals surface area (Å²) in [6.07, 6.45) is 1.52. The van der Waals surface area contributed by atoms with Crippen LogP contribution in [0.4, 0.5) is 28.4 Å². The SMILES string of the molecule is O=[N+]([O-])c1ccc(NCCNc2ccc([N+](=O)[O-])c3cccnc23)c([N+](=O)[O-])c1. The summed E-state index contributed by atoms with van der Waals surface area (Å²) in [6, 6.07) is 9.47. The van der Waals surface area contributed by atoms with Gasteiger partial charge >= 0.3 is 0 Å². The molecule has 0 fully saturated rings. The number of pyridine rings is 1. The number of nitrogens with zero attached hydrogens (tertiary/aromatic N) is 4. The van der Waals surface area contributed by atoms with E-state index in [-0.39, 0.29) is 23.6 Å². The van der Waals surface area contributed by atoms with Crippen molar-refractivity contribution < 1.29 is 14.8 Å². The van der Waals surface area contributed by atoms with Crippen molar-refractivity contribution in [1.82, 2.24) is 4.98 Å². The molecule has 1 aromatic heterocycles. The lowest BCUT2D eigenvalue weighted by atomic mass is 10.1. The average molecular weight is 398 g/mol. The van der Waals surface area contributed by atoms with Crippen molar-refractivity contribution in [2.75, 3.05) is 23.7 Å². The summed E-state index contributed by atoms with van der Waals surface area (Å²) in [5.74, 6) is 0. The van der Waals surface area contributed by atoms with Gasteiger partial charge < -0.3 is 10.6 Å². The summed E-state index contributed by atoms with van der Waals surface area (Å²) in [5, 5.41) is 39.4. The Labute approximate surface area is 162 Å². The predicted octanol–water partition coefficient (Wildman–Crippen LogP) is 3.48. The Balaban J connectivity index is 1.72. The lowest BCUT2D eigenvalue weighted by Crippen LogP contribution is -2.15. The van der Waals surface area contributed by atoms with Gasteiger partial charge in [-0.25, -0.2) is 0 Å². The Bertz CT molecular complexity index is 1120. The third-order valence-corrected chi connectivity index (χ3v) is 4.09. The van der Waals surface area contributed by atoms with E-state index in [4.69, 9.17) is 0 Å². The third-order valence-electron chi connectivity index (χ3n) is 4.09. The molecule has 2 aromatic carbocycles. The van der Waals surface area contributed by atoms with Crippen LogP contribution in [-0.4, -0.2) is 32.8 Å². The Morgan fingerprint density at radius 3 is 2.10 bits per heavy atom. The van der Waals surface area contributed by atoms with E-state index in [0.29, 0.717) is 23.1 Å². The Morgan fingerprint density at radius 2 is 1.45 bits per heavy atom. The molecule has 0 aliphatic heterocycles. The molecule has 0 saturated heterocycles. The number of hydrogen-bond donors (Lipinski definition) is 2. The Hall–Kier alpha value is -4.35.